The summed E-state index contributed by atoms with van der Waals surface area (Å²) in [5.41, 5.74) is 3.98. The first-order chi connectivity index (χ1) is 15.6. The molecule has 0 saturated carbocycles. The molecule has 1 unspecified atom stereocenters. The molecule has 3 aromatic rings. The third-order valence-electron chi connectivity index (χ3n) is 6.16. The van der Waals surface area contributed by atoms with Gasteiger partial charge in [-0.2, -0.15) is 5.10 Å². The molecule has 0 spiro atoms. The molecule has 1 aromatic heterocycles. The maximum atomic E-state index is 13.4. The van der Waals surface area contributed by atoms with E-state index in [9.17, 15) is 4.79 Å². The highest BCUT2D eigenvalue weighted by Gasteiger charge is 2.42. The monoisotopic (exact) mass is 470 g/mol. The van der Waals surface area contributed by atoms with Crippen LogP contribution in [-0.2, 0) is 4.74 Å². The second kappa shape index (κ2) is 9.24. The Kier molecular flexibility index (Phi) is 6.20. The van der Waals surface area contributed by atoms with Crippen LogP contribution in [0.15, 0.2) is 48.5 Å². The van der Waals surface area contributed by atoms with Crippen LogP contribution in [-0.4, -0.2) is 65.3 Å². The molecule has 1 atom stereocenters. The molecular formula is C24H24Cl2N4O2. The number of carbonyl (C=O) groups excluding carboxylic acids is 1. The van der Waals surface area contributed by atoms with E-state index in [-0.39, 0.29) is 11.9 Å². The van der Waals surface area contributed by atoms with Crippen molar-refractivity contribution in [3.63, 3.8) is 0 Å². The molecule has 0 aliphatic carbocycles. The van der Waals surface area contributed by atoms with Crippen molar-refractivity contribution in [2.45, 2.75) is 12.5 Å². The quantitative estimate of drug-likeness (QED) is 0.569. The Bertz CT molecular complexity index is 1110. The maximum absolute atomic E-state index is 13.4. The van der Waals surface area contributed by atoms with E-state index in [2.05, 4.69) is 15.1 Å². The first-order valence-electron chi connectivity index (χ1n) is 10.8. The number of fused-ring (bicyclic) bond motifs is 1. The zero-order valence-corrected chi connectivity index (χ0v) is 19.1. The average molecular weight is 471 g/mol. The average Bonchev–Trinajstić information content (AvgIpc) is 3.35. The molecule has 6 nitrogen and oxygen atoms in total. The Hall–Kier alpha value is -2.38. The number of nitrogens with one attached hydrogen (secondary N) is 1. The van der Waals surface area contributed by atoms with E-state index in [0.717, 1.165) is 61.7 Å². The van der Waals surface area contributed by atoms with Crippen LogP contribution in [0.4, 0.5) is 0 Å². The lowest BCUT2D eigenvalue weighted by Crippen LogP contribution is -2.38. The Morgan fingerprint density at radius 1 is 1.03 bits per heavy atom. The van der Waals surface area contributed by atoms with Gasteiger partial charge in [-0.15, -0.1) is 0 Å². The van der Waals surface area contributed by atoms with Crippen LogP contribution in [0.25, 0.3) is 11.3 Å². The molecule has 2 aliphatic rings. The summed E-state index contributed by atoms with van der Waals surface area (Å²) in [6.45, 7) is 4.97. The number of aromatic amines is 1. The van der Waals surface area contributed by atoms with Gasteiger partial charge in [-0.3, -0.25) is 14.8 Å². The molecule has 1 amide bonds. The number of aromatic nitrogens is 2. The fourth-order valence-corrected chi connectivity index (χ4v) is 4.93. The predicted molar refractivity (Wildman–Crippen MR) is 125 cm³/mol. The van der Waals surface area contributed by atoms with Crippen molar-refractivity contribution in [3.8, 4) is 11.3 Å². The summed E-state index contributed by atoms with van der Waals surface area (Å²) in [4.78, 5) is 17.7. The largest absolute Gasteiger partial charge is 0.379 e. The molecule has 2 aliphatic heterocycles. The summed E-state index contributed by atoms with van der Waals surface area (Å²) in [5, 5.41) is 8.79. The lowest BCUT2D eigenvalue weighted by molar-refractivity contribution is 0.0354. The molecule has 1 saturated heterocycles. The third-order valence-corrected chi connectivity index (χ3v) is 6.75. The molecular weight excluding hydrogens is 447 g/mol. The van der Waals surface area contributed by atoms with Gasteiger partial charge in [0.2, 0.25) is 0 Å². The normalized spacial score (nSPS) is 18.9. The topological polar surface area (TPSA) is 61.5 Å². The van der Waals surface area contributed by atoms with Crippen LogP contribution in [0.3, 0.4) is 0 Å². The van der Waals surface area contributed by atoms with Crippen molar-refractivity contribution >= 4 is 29.1 Å². The summed E-state index contributed by atoms with van der Waals surface area (Å²) in [6.07, 6.45) is 0.876. The number of carbonyl (C=O) groups is 1. The highest BCUT2D eigenvalue weighted by molar-refractivity contribution is 6.31. The van der Waals surface area contributed by atoms with E-state index in [1.165, 1.54) is 0 Å². The minimum atomic E-state index is -0.291. The molecule has 5 rings (SSSR count). The van der Waals surface area contributed by atoms with Crippen molar-refractivity contribution in [2.24, 2.45) is 0 Å². The van der Waals surface area contributed by atoms with Gasteiger partial charge >= 0.3 is 0 Å². The van der Waals surface area contributed by atoms with E-state index in [4.69, 9.17) is 27.9 Å². The SMILES string of the molecule is O=C1c2[nH]nc(-c3ccc(Cl)cc3)c2C(c2ccccc2Cl)N1CCCN1CCOCC1. The summed E-state index contributed by atoms with van der Waals surface area (Å²) in [6, 6.07) is 14.9. The number of nitrogens with zero attached hydrogens (tertiary/aromatic N) is 3. The van der Waals surface area contributed by atoms with Crippen molar-refractivity contribution in [2.75, 3.05) is 39.4 Å². The highest BCUT2D eigenvalue weighted by atomic mass is 35.5. The predicted octanol–water partition coefficient (Wildman–Crippen LogP) is 4.65. The number of hydrogen-bond donors (Lipinski definition) is 1. The standard InChI is InChI=1S/C24H24Cl2N4O2/c25-17-8-6-16(7-9-17)21-20-22(28-27-21)24(31)30(11-3-10-29-12-14-32-15-13-29)23(20)18-4-1-2-5-19(18)26/h1-2,4-9,23H,3,10-15H2,(H,27,28). The Morgan fingerprint density at radius 2 is 1.78 bits per heavy atom. The van der Waals surface area contributed by atoms with Gasteiger partial charge in [-0.1, -0.05) is 53.5 Å². The van der Waals surface area contributed by atoms with Gasteiger partial charge in [-0.05, 0) is 30.2 Å². The van der Waals surface area contributed by atoms with Crippen molar-refractivity contribution in [1.29, 1.82) is 0 Å². The van der Waals surface area contributed by atoms with Crippen LogP contribution in [0.2, 0.25) is 10.0 Å². The van der Waals surface area contributed by atoms with E-state index < -0.39 is 0 Å². The first kappa shape index (κ1) is 21.5. The van der Waals surface area contributed by atoms with Crippen LogP contribution >= 0.6 is 23.2 Å². The number of hydrogen-bond acceptors (Lipinski definition) is 4. The van der Waals surface area contributed by atoms with Gasteiger partial charge in [0.1, 0.15) is 5.69 Å². The van der Waals surface area contributed by atoms with Gasteiger partial charge in [0.15, 0.2) is 0 Å². The zero-order valence-electron chi connectivity index (χ0n) is 17.6. The lowest BCUT2D eigenvalue weighted by Gasteiger charge is -2.30. The number of benzene rings is 2. The number of ether oxygens (including phenoxy) is 1. The van der Waals surface area contributed by atoms with E-state index in [1.807, 2.05) is 53.4 Å². The fourth-order valence-electron chi connectivity index (χ4n) is 4.56. The molecule has 0 radical (unpaired) electrons. The van der Waals surface area contributed by atoms with E-state index in [0.29, 0.717) is 22.3 Å². The summed E-state index contributed by atoms with van der Waals surface area (Å²) in [7, 11) is 0. The second-order valence-electron chi connectivity index (χ2n) is 8.10. The van der Waals surface area contributed by atoms with Crippen molar-refractivity contribution in [3.05, 3.63) is 75.4 Å². The molecule has 1 N–H and O–H groups in total. The third kappa shape index (κ3) is 4.04. The first-order valence-corrected chi connectivity index (χ1v) is 11.6. The fraction of sp³-hybridized carbons (Fsp3) is 0.333. The number of morpholine rings is 1. The van der Waals surface area contributed by atoms with Crippen LogP contribution in [0, 0.1) is 0 Å². The van der Waals surface area contributed by atoms with Gasteiger partial charge in [0, 0.05) is 47.4 Å². The molecule has 1 fully saturated rings. The zero-order chi connectivity index (χ0) is 22.1. The molecule has 2 aromatic carbocycles. The molecule has 8 heteroatoms. The number of amides is 1. The minimum Gasteiger partial charge on any atom is -0.379 e. The second-order valence-corrected chi connectivity index (χ2v) is 8.94. The summed E-state index contributed by atoms with van der Waals surface area (Å²) in [5.74, 6) is -0.0420. The molecule has 32 heavy (non-hydrogen) atoms. The minimum absolute atomic E-state index is 0.0420. The highest BCUT2D eigenvalue weighted by Crippen LogP contribution is 2.44. The van der Waals surface area contributed by atoms with Gasteiger partial charge < -0.3 is 9.64 Å². The van der Waals surface area contributed by atoms with Crippen LogP contribution < -0.4 is 0 Å². The molecule has 3 heterocycles. The number of rotatable bonds is 6. The Labute approximate surface area is 197 Å². The Morgan fingerprint density at radius 3 is 2.53 bits per heavy atom. The van der Waals surface area contributed by atoms with Crippen LogP contribution in [0.5, 0.6) is 0 Å². The van der Waals surface area contributed by atoms with Crippen LogP contribution in [0.1, 0.15) is 34.1 Å². The maximum Gasteiger partial charge on any atom is 0.273 e. The van der Waals surface area contributed by atoms with Crippen molar-refractivity contribution in [1.82, 2.24) is 20.0 Å². The van der Waals surface area contributed by atoms with Crippen molar-refractivity contribution < 1.29 is 9.53 Å². The molecule has 166 valence electrons. The number of halogens is 2. The summed E-state index contributed by atoms with van der Waals surface area (Å²) < 4.78 is 5.44. The Balaban J connectivity index is 1.48. The number of H-pyrrole nitrogens is 1. The molecule has 0 bridgehead atoms. The van der Waals surface area contributed by atoms with Gasteiger partial charge in [-0.25, -0.2) is 0 Å². The smallest absolute Gasteiger partial charge is 0.273 e. The van der Waals surface area contributed by atoms with E-state index >= 15 is 0 Å². The van der Waals surface area contributed by atoms with Gasteiger partial charge in [0.25, 0.3) is 5.91 Å². The van der Waals surface area contributed by atoms with E-state index in [1.54, 1.807) is 0 Å². The lowest BCUT2D eigenvalue weighted by atomic mass is 9.96. The van der Waals surface area contributed by atoms with Gasteiger partial charge in [0.05, 0.1) is 24.9 Å². The summed E-state index contributed by atoms with van der Waals surface area (Å²) >= 11 is 12.7.